The second-order valence-electron chi connectivity index (χ2n) is 22.0. The van der Waals surface area contributed by atoms with Gasteiger partial charge in [0.1, 0.15) is 13.2 Å². The fraction of sp³-hybridized carbons (Fsp3) is 0.581. The van der Waals surface area contributed by atoms with E-state index in [1.807, 2.05) is 21.1 Å². The van der Waals surface area contributed by atoms with Gasteiger partial charge in [0.15, 0.2) is 6.10 Å². The van der Waals surface area contributed by atoms with Gasteiger partial charge in [-0.3, -0.25) is 9.59 Å². The number of hydrogen-bond donors (Lipinski definition) is 1. The molecule has 0 aromatic carbocycles. The molecule has 0 aliphatic rings. The molecule has 0 fully saturated rings. The summed E-state index contributed by atoms with van der Waals surface area (Å²) in [4.78, 5) is 37.6. The number of carbonyl (C=O) groups excluding carboxylic acids is 2. The van der Waals surface area contributed by atoms with Crippen molar-refractivity contribution in [1.82, 2.24) is 0 Å². The number of carbonyl (C=O) groups is 3. The topological polar surface area (TPSA) is 108 Å². The van der Waals surface area contributed by atoms with Gasteiger partial charge in [0.25, 0.3) is 6.29 Å². The van der Waals surface area contributed by atoms with Crippen LogP contribution in [0.1, 0.15) is 219 Å². The molecular weight excluding hydrogens is 1030 g/mol. The minimum Gasteiger partial charge on any atom is -0.477 e. The van der Waals surface area contributed by atoms with Gasteiger partial charge in [-0.25, -0.2) is 4.79 Å². The van der Waals surface area contributed by atoms with Crippen molar-refractivity contribution in [3.63, 3.8) is 0 Å². The van der Waals surface area contributed by atoms with Crippen LogP contribution in [0, 0.1) is 0 Å². The average molecular weight is 1150 g/mol. The molecule has 0 aliphatic heterocycles. The average Bonchev–Trinajstić information content (AvgIpc) is 3.46. The number of esters is 2. The van der Waals surface area contributed by atoms with Crippen molar-refractivity contribution in [3.8, 4) is 0 Å². The molecule has 9 heteroatoms. The number of hydrogen-bond acceptors (Lipinski definition) is 7. The van der Waals surface area contributed by atoms with Gasteiger partial charge in [-0.05, 0) is 128 Å². The first-order valence-corrected chi connectivity index (χ1v) is 32.3. The highest BCUT2D eigenvalue weighted by Crippen LogP contribution is 2.14. The maximum Gasteiger partial charge on any atom is 0.361 e. The Kier molecular flexibility index (Phi) is 58.6. The van der Waals surface area contributed by atoms with Gasteiger partial charge in [0.2, 0.25) is 0 Å². The van der Waals surface area contributed by atoms with E-state index in [-0.39, 0.29) is 38.6 Å². The molecule has 0 saturated carbocycles. The van der Waals surface area contributed by atoms with Crippen LogP contribution in [0.5, 0.6) is 0 Å². The van der Waals surface area contributed by atoms with Crippen LogP contribution >= 0.6 is 0 Å². The van der Waals surface area contributed by atoms with Gasteiger partial charge in [0, 0.05) is 12.8 Å². The van der Waals surface area contributed by atoms with E-state index >= 15 is 0 Å². The quantitative estimate of drug-likeness (QED) is 0.0211. The molecule has 0 rings (SSSR count). The zero-order valence-corrected chi connectivity index (χ0v) is 53.0. The highest BCUT2D eigenvalue weighted by Gasteiger charge is 2.25. The third kappa shape index (κ3) is 64.1. The van der Waals surface area contributed by atoms with Crippen LogP contribution in [0.25, 0.3) is 0 Å². The number of unbranched alkanes of at least 4 members (excludes halogenated alkanes) is 14. The first-order chi connectivity index (χ1) is 40.6. The van der Waals surface area contributed by atoms with Crippen molar-refractivity contribution < 1.29 is 42.9 Å². The lowest BCUT2D eigenvalue weighted by atomic mass is 10.1. The molecule has 2 atom stereocenters. The fourth-order valence-electron chi connectivity index (χ4n) is 8.09. The van der Waals surface area contributed by atoms with E-state index in [0.717, 1.165) is 148 Å². The molecule has 0 saturated heterocycles. The summed E-state index contributed by atoms with van der Waals surface area (Å²) in [6, 6.07) is 0. The van der Waals surface area contributed by atoms with Crippen molar-refractivity contribution in [3.05, 3.63) is 170 Å². The SMILES string of the molecule is CC/C=C\C/C=C\C/C=C\C/C=C\C/C=C\C/C=C\C/C=C\CCCCCCCCCCCC(=O)OC(COC(=O)CCCCCCC/C=C\C/C=C\C/C=C\C/C=C\C/C=C\C/C=C\C/C=C\CC)COC(OCC[N+](C)(C)C)C(=O)O. The van der Waals surface area contributed by atoms with Crippen LogP contribution in [0.3, 0.4) is 0 Å². The number of allylic oxidation sites excluding steroid dienone is 28. The second kappa shape index (κ2) is 62.7. The van der Waals surface area contributed by atoms with E-state index < -0.39 is 24.3 Å². The first-order valence-electron chi connectivity index (χ1n) is 32.3. The maximum atomic E-state index is 12.9. The summed E-state index contributed by atoms with van der Waals surface area (Å²) in [5, 5.41) is 9.73. The Morgan fingerprint density at radius 1 is 0.361 bits per heavy atom. The van der Waals surface area contributed by atoms with Crippen molar-refractivity contribution in [2.75, 3.05) is 47.5 Å². The standard InChI is InChI=1S/C74H117NO8/c1-6-8-10-12-14-16-18-20-22-24-26-28-30-32-34-35-36-37-39-41-43-45-47-49-51-53-55-57-59-61-63-65-72(77)83-70(69-82-74(73(78)79)80-67-66-75(3,4)5)68-81-71(76)64-62-60-58-56-54-52-50-48-46-44-42-40-38-33-31-29-27-25-23-21-19-17-15-13-11-9-7-2/h8-11,14-17,20-23,26-29,32-34,36-38,41-44,48,50,70,74H,6-7,12-13,18-19,24-25,30-31,35,39-40,45-47,49,51-69H2,1-5H3/p+1/b10-8-,11-9-,16-14-,17-15-,22-20-,23-21-,28-26-,29-27-,34-32-,37-36-,38-33-,43-41-,44-42-,50-48-. The third-order valence-electron chi connectivity index (χ3n) is 13.0. The summed E-state index contributed by atoms with van der Waals surface area (Å²) >= 11 is 0. The molecule has 0 aromatic heterocycles. The zero-order valence-electron chi connectivity index (χ0n) is 53.0. The monoisotopic (exact) mass is 1150 g/mol. The highest BCUT2D eigenvalue weighted by atomic mass is 16.7. The third-order valence-corrected chi connectivity index (χ3v) is 13.0. The minimum atomic E-state index is -1.53. The number of aliphatic carboxylic acids is 1. The van der Waals surface area contributed by atoms with Crippen LogP contribution in [-0.2, 0) is 33.3 Å². The Bertz CT molecular complexity index is 1960. The predicted molar refractivity (Wildman–Crippen MR) is 354 cm³/mol. The number of likely N-dealkylation sites (N-methyl/N-ethyl adjacent to an activating group) is 1. The van der Waals surface area contributed by atoms with Gasteiger partial charge < -0.3 is 28.5 Å². The molecule has 0 radical (unpaired) electrons. The maximum absolute atomic E-state index is 12.9. The Balaban J connectivity index is 4.30. The van der Waals surface area contributed by atoms with Crippen LogP contribution in [-0.4, -0.2) is 87.4 Å². The van der Waals surface area contributed by atoms with Gasteiger partial charge >= 0.3 is 17.9 Å². The molecule has 0 bridgehead atoms. The highest BCUT2D eigenvalue weighted by molar-refractivity contribution is 5.71. The molecule has 0 amide bonds. The van der Waals surface area contributed by atoms with E-state index in [1.54, 1.807) is 0 Å². The van der Waals surface area contributed by atoms with E-state index in [0.29, 0.717) is 23.9 Å². The largest absolute Gasteiger partial charge is 0.477 e. The summed E-state index contributed by atoms with van der Waals surface area (Å²) < 4.78 is 22.9. The molecule has 2 unspecified atom stereocenters. The lowest BCUT2D eigenvalue weighted by molar-refractivity contribution is -0.870. The van der Waals surface area contributed by atoms with Gasteiger partial charge in [-0.2, -0.15) is 0 Å². The molecule has 9 nitrogen and oxygen atoms in total. The van der Waals surface area contributed by atoms with Crippen LogP contribution in [0.2, 0.25) is 0 Å². The minimum absolute atomic E-state index is 0.173. The van der Waals surface area contributed by atoms with Crippen molar-refractivity contribution in [2.24, 2.45) is 0 Å². The van der Waals surface area contributed by atoms with Gasteiger partial charge in [0.05, 0.1) is 34.4 Å². The Morgan fingerprint density at radius 3 is 0.964 bits per heavy atom. The number of rotatable bonds is 57. The Morgan fingerprint density at radius 2 is 0.651 bits per heavy atom. The van der Waals surface area contributed by atoms with Gasteiger partial charge in [-0.15, -0.1) is 0 Å². The molecule has 466 valence electrons. The number of ether oxygens (including phenoxy) is 4. The van der Waals surface area contributed by atoms with Crippen LogP contribution in [0.15, 0.2) is 170 Å². The van der Waals surface area contributed by atoms with E-state index in [2.05, 4.69) is 184 Å². The summed E-state index contributed by atoms with van der Waals surface area (Å²) in [5.41, 5.74) is 0. The van der Waals surface area contributed by atoms with E-state index in [9.17, 15) is 19.5 Å². The number of carboxylic acids is 1. The molecule has 0 spiro atoms. The molecule has 0 aliphatic carbocycles. The smallest absolute Gasteiger partial charge is 0.361 e. The molecule has 0 heterocycles. The van der Waals surface area contributed by atoms with Crippen LogP contribution in [0.4, 0.5) is 0 Å². The lowest BCUT2D eigenvalue weighted by Crippen LogP contribution is -2.40. The number of carboxylic acid groups (broad SMARTS) is 1. The number of nitrogens with zero attached hydrogens (tertiary/aromatic N) is 1. The second-order valence-corrected chi connectivity index (χ2v) is 22.0. The van der Waals surface area contributed by atoms with Gasteiger partial charge in [-0.1, -0.05) is 248 Å². The number of quaternary nitrogens is 1. The fourth-order valence-corrected chi connectivity index (χ4v) is 8.09. The normalized spacial score (nSPS) is 13.9. The summed E-state index contributed by atoms with van der Waals surface area (Å²) in [6.45, 7) is 4.59. The predicted octanol–water partition coefficient (Wildman–Crippen LogP) is 19.9. The van der Waals surface area contributed by atoms with Crippen molar-refractivity contribution >= 4 is 17.9 Å². The Hall–Kier alpha value is -5.35. The summed E-state index contributed by atoms with van der Waals surface area (Å²) in [7, 11) is 5.95. The first kappa shape index (κ1) is 77.7. The summed E-state index contributed by atoms with van der Waals surface area (Å²) in [5.74, 6) is -2.06. The van der Waals surface area contributed by atoms with E-state index in [4.69, 9.17) is 18.9 Å². The van der Waals surface area contributed by atoms with Crippen molar-refractivity contribution in [2.45, 2.75) is 232 Å². The molecule has 1 N–H and O–H groups in total. The zero-order chi connectivity index (χ0) is 60.5. The van der Waals surface area contributed by atoms with E-state index in [1.165, 1.54) is 32.1 Å². The molecular formula is C74H118NO8+. The summed E-state index contributed by atoms with van der Waals surface area (Å²) in [6.07, 6.45) is 91.5. The van der Waals surface area contributed by atoms with Crippen molar-refractivity contribution in [1.29, 1.82) is 0 Å². The molecule has 0 aromatic rings. The Labute approximate surface area is 507 Å². The molecule has 83 heavy (non-hydrogen) atoms. The van der Waals surface area contributed by atoms with Crippen LogP contribution < -0.4 is 0 Å². The lowest BCUT2D eigenvalue weighted by Gasteiger charge is -2.25.